The summed E-state index contributed by atoms with van der Waals surface area (Å²) in [5.41, 5.74) is 1.33. The molecule has 0 fully saturated rings. The number of nitro groups is 1. The average Bonchev–Trinajstić information content (AvgIpc) is 2.43. The Bertz CT molecular complexity index is 654. The number of phenolic OH excluding ortho intramolecular Hbond substituents is 1. The summed E-state index contributed by atoms with van der Waals surface area (Å²) in [4.78, 5) is 10.3. The standard InChI is InChI=1S/C14H12N2O4/c17-14-12(9-15-18)7-11(8-13(14)16(19)20)6-10-4-2-1-3-5-10/h1-5,7-9,17-18H,6H2/b15-9+. The van der Waals surface area contributed by atoms with E-state index in [2.05, 4.69) is 5.16 Å². The molecule has 0 aliphatic heterocycles. The summed E-state index contributed by atoms with van der Waals surface area (Å²) in [6.45, 7) is 0. The number of nitrogens with zero attached hydrogens (tertiary/aromatic N) is 2. The lowest BCUT2D eigenvalue weighted by atomic mass is 10.0. The van der Waals surface area contributed by atoms with Crippen molar-refractivity contribution in [2.24, 2.45) is 5.16 Å². The fraction of sp³-hybridized carbons (Fsp3) is 0.0714. The largest absolute Gasteiger partial charge is 0.502 e. The predicted octanol–water partition coefficient (Wildman–Crippen LogP) is 2.70. The number of benzene rings is 2. The van der Waals surface area contributed by atoms with Crippen molar-refractivity contribution in [2.75, 3.05) is 0 Å². The number of hydrogen-bond acceptors (Lipinski definition) is 5. The molecule has 0 amide bonds. The molecule has 2 aromatic carbocycles. The number of oxime groups is 1. The van der Waals surface area contributed by atoms with Crippen molar-refractivity contribution in [1.82, 2.24) is 0 Å². The Hall–Kier alpha value is -2.89. The molecule has 2 rings (SSSR count). The van der Waals surface area contributed by atoms with Crippen molar-refractivity contribution in [3.8, 4) is 5.75 Å². The first-order chi connectivity index (χ1) is 9.61. The molecule has 0 aliphatic carbocycles. The molecular formula is C14H12N2O4. The molecular weight excluding hydrogens is 260 g/mol. The number of hydrogen-bond donors (Lipinski definition) is 2. The maximum Gasteiger partial charge on any atom is 0.311 e. The molecule has 102 valence electrons. The maximum absolute atomic E-state index is 10.9. The Balaban J connectivity index is 2.45. The van der Waals surface area contributed by atoms with E-state index in [9.17, 15) is 15.2 Å². The quantitative estimate of drug-likeness (QED) is 0.387. The highest BCUT2D eigenvalue weighted by atomic mass is 16.6. The molecule has 2 aromatic rings. The second kappa shape index (κ2) is 5.83. The summed E-state index contributed by atoms with van der Waals surface area (Å²) >= 11 is 0. The van der Waals surface area contributed by atoms with Crippen LogP contribution in [-0.2, 0) is 6.42 Å². The Morgan fingerprint density at radius 2 is 1.90 bits per heavy atom. The smallest absolute Gasteiger partial charge is 0.311 e. The highest BCUT2D eigenvalue weighted by Crippen LogP contribution is 2.31. The first-order valence-corrected chi connectivity index (χ1v) is 5.83. The van der Waals surface area contributed by atoms with Gasteiger partial charge in [0.05, 0.1) is 11.1 Å². The van der Waals surface area contributed by atoms with Gasteiger partial charge in [0.25, 0.3) is 0 Å². The summed E-state index contributed by atoms with van der Waals surface area (Å²) in [6, 6.07) is 12.3. The third-order valence-corrected chi connectivity index (χ3v) is 2.82. The van der Waals surface area contributed by atoms with E-state index in [-0.39, 0.29) is 5.56 Å². The summed E-state index contributed by atoms with van der Waals surface area (Å²) in [5, 5.41) is 32.0. The fourth-order valence-electron chi connectivity index (χ4n) is 1.94. The molecule has 20 heavy (non-hydrogen) atoms. The summed E-state index contributed by atoms with van der Waals surface area (Å²) in [6.07, 6.45) is 1.45. The van der Waals surface area contributed by atoms with Crippen LogP contribution in [0.1, 0.15) is 16.7 Å². The van der Waals surface area contributed by atoms with Gasteiger partial charge in [-0.25, -0.2) is 0 Å². The average molecular weight is 272 g/mol. The number of rotatable bonds is 4. The zero-order chi connectivity index (χ0) is 14.5. The molecule has 0 bridgehead atoms. The highest BCUT2D eigenvalue weighted by Gasteiger charge is 2.18. The van der Waals surface area contributed by atoms with Crippen LogP contribution in [0.4, 0.5) is 5.69 Å². The van der Waals surface area contributed by atoms with E-state index >= 15 is 0 Å². The van der Waals surface area contributed by atoms with Crippen LogP contribution in [0.3, 0.4) is 0 Å². The van der Waals surface area contributed by atoms with Gasteiger partial charge in [0.15, 0.2) is 0 Å². The van der Waals surface area contributed by atoms with Gasteiger partial charge in [0.2, 0.25) is 5.75 Å². The van der Waals surface area contributed by atoms with Gasteiger partial charge in [-0.1, -0.05) is 35.5 Å². The maximum atomic E-state index is 10.9. The lowest BCUT2D eigenvalue weighted by molar-refractivity contribution is -0.385. The second-order valence-corrected chi connectivity index (χ2v) is 4.22. The number of nitro benzene ring substituents is 1. The van der Waals surface area contributed by atoms with Crippen LogP contribution in [0.25, 0.3) is 0 Å². The van der Waals surface area contributed by atoms with Crippen LogP contribution in [-0.4, -0.2) is 21.5 Å². The molecule has 0 spiro atoms. The molecule has 6 nitrogen and oxygen atoms in total. The zero-order valence-corrected chi connectivity index (χ0v) is 10.4. The lowest BCUT2D eigenvalue weighted by Crippen LogP contribution is -1.97. The topological polar surface area (TPSA) is 96.0 Å². The minimum Gasteiger partial charge on any atom is -0.502 e. The molecule has 2 N–H and O–H groups in total. The van der Waals surface area contributed by atoms with Crippen molar-refractivity contribution in [3.63, 3.8) is 0 Å². The van der Waals surface area contributed by atoms with E-state index in [4.69, 9.17) is 5.21 Å². The van der Waals surface area contributed by atoms with Gasteiger partial charge >= 0.3 is 5.69 Å². The Labute approximate surface area is 114 Å². The van der Waals surface area contributed by atoms with Crippen molar-refractivity contribution in [2.45, 2.75) is 6.42 Å². The van der Waals surface area contributed by atoms with Gasteiger partial charge in [-0.15, -0.1) is 0 Å². The fourth-order valence-corrected chi connectivity index (χ4v) is 1.94. The minimum atomic E-state index is -0.668. The van der Waals surface area contributed by atoms with Crippen molar-refractivity contribution >= 4 is 11.9 Å². The van der Waals surface area contributed by atoms with Gasteiger partial charge in [0.1, 0.15) is 0 Å². The molecule has 0 atom stereocenters. The first-order valence-electron chi connectivity index (χ1n) is 5.83. The van der Waals surface area contributed by atoms with Gasteiger partial charge in [0, 0.05) is 11.6 Å². The van der Waals surface area contributed by atoms with Crippen molar-refractivity contribution in [3.05, 3.63) is 69.3 Å². The summed E-state index contributed by atoms with van der Waals surface area (Å²) < 4.78 is 0. The van der Waals surface area contributed by atoms with Crippen molar-refractivity contribution in [1.29, 1.82) is 0 Å². The van der Waals surface area contributed by atoms with Crippen LogP contribution in [0.2, 0.25) is 0 Å². The van der Waals surface area contributed by atoms with Crippen LogP contribution in [0.15, 0.2) is 47.6 Å². The van der Waals surface area contributed by atoms with E-state index in [1.807, 2.05) is 30.3 Å². The van der Waals surface area contributed by atoms with E-state index in [1.165, 1.54) is 6.07 Å². The molecule has 0 saturated heterocycles. The molecule has 0 aliphatic rings. The number of phenols is 1. The summed E-state index contributed by atoms with van der Waals surface area (Å²) in [7, 11) is 0. The van der Waals surface area contributed by atoms with E-state index < -0.39 is 16.4 Å². The third kappa shape index (κ3) is 2.92. The van der Waals surface area contributed by atoms with Crippen LogP contribution in [0.5, 0.6) is 5.75 Å². The van der Waals surface area contributed by atoms with Gasteiger partial charge < -0.3 is 10.3 Å². The molecule has 0 heterocycles. The van der Waals surface area contributed by atoms with Gasteiger partial charge in [-0.3, -0.25) is 10.1 Å². The van der Waals surface area contributed by atoms with Gasteiger partial charge in [-0.05, 0) is 23.6 Å². The monoisotopic (exact) mass is 272 g/mol. The lowest BCUT2D eigenvalue weighted by Gasteiger charge is -2.06. The summed E-state index contributed by atoms with van der Waals surface area (Å²) in [5.74, 6) is -0.510. The minimum absolute atomic E-state index is 0.104. The van der Waals surface area contributed by atoms with Crippen LogP contribution in [0, 0.1) is 10.1 Å². The van der Waals surface area contributed by atoms with E-state index in [0.29, 0.717) is 12.0 Å². The van der Waals surface area contributed by atoms with Crippen LogP contribution >= 0.6 is 0 Å². The van der Waals surface area contributed by atoms with Gasteiger partial charge in [-0.2, -0.15) is 0 Å². The molecule has 0 radical (unpaired) electrons. The highest BCUT2D eigenvalue weighted by molar-refractivity contribution is 5.85. The normalized spacial score (nSPS) is 10.8. The second-order valence-electron chi connectivity index (χ2n) is 4.22. The predicted molar refractivity (Wildman–Crippen MR) is 73.4 cm³/mol. The Morgan fingerprint density at radius 1 is 1.20 bits per heavy atom. The van der Waals surface area contributed by atoms with Crippen LogP contribution < -0.4 is 0 Å². The first kappa shape index (κ1) is 13.5. The Kier molecular flexibility index (Phi) is 3.95. The SMILES string of the molecule is O=[N+]([O-])c1cc(Cc2ccccc2)cc(/C=N/O)c1O. The van der Waals surface area contributed by atoms with E-state index in [1.54, 1.807) is 6.07 Å². The third-order valence-electron chi connectivity index (χ3n) is 2.82. The number of aromatic hydroxyl groups is 1. The molecule has 0 unspecified atom stereocenters. The molecule has 0 aromatic heterocycles. The van der Waals surface area contributed by atoms with Crippen molar-refractivity contribution < 1.29 is 15.2 Å². The Morgan fingerprint density at radius 3 is 2.50 bits per heavy atom. The van der Waals surface area contributed by atoms with E-state index in [0.717, 1.165) is 11.8 Å². The molecule has 6 heteroatoms. The zero-order valence-electron chi connectivity index (χ0n) is 10.4. The molecule has 0 saturated carbocycles.